The molecule has 0 spiro atoms. The molecule has 1 fully saturated rings. The van der Waals surface area contributed by atoms with Crippen molar-refractivity contribution in [3.05, 3.63) is 54.2 Å². The number of hydroxylamine groups is 1. The van der Waals surface area contributed by atoms with Gasteiger partial charge in [-0.15, -0.1) is 0 Å². The SMILES string of the molecule is C=CC(=O)Cc1ccccc1Nc1nc(NC2CCCC(C(=O)NOCCO)C2)ncc1C. The van der Waals surface area contributed by atoms with Crippen LogP contribution in [0.15, 0.2) is 43.1 Å². The van der Waals surface area contributed by atoms with Crippen LogP contribution in [0.2, 0.25) is 0 Å². The van der Waals surface area contributed by atoms with Crippen LogP contribution < -0.4 is 16.1 Å². The molecule has 0 saturated heterocycles. The first kappa shape index (κ1) is 24.3. The second-order valence-electron chi connectivity index (χ2n) is 8.10. The molecule has 1 aliphatic rings. The summed E-state index contributed by atoms with van der Waals surface area (Å²) in [4.78, 5) is 38.1. The number of allylic oxidation sites excluding steroid dienone is 1. The van der Waals surface area contributed by atoms with Crippen LogP contribution in [0.5, 0.6) is 0 Å². The van der Waals surface area contributed by atoms with Crippen LogP contribution in [0.25, 0.3) is 0 Å². The highest BCUT2D eigenvalue weighted by atomic mass is 16.7. The Bertz CT molecular complexity index is 981. The Hall–Kier alpha value is -3.30. The van der Waals surface area contributed by atoms with E-state index in [9.17, 15) is 9.59 Å². The minimum atomic E-state index is -0.174. The van der Waals surface area contributed by atoms with Crippen molar-refractivity contribution in [1.82, 2.24) is 15.4 Å². The van der Waals surface area contributed by atoms with Crippen molar-refractivity contribution in [3.63, 3.8) is 0 Å². The predicted molar refractivity (Wildman–Crippen MR) is 126 cm³/mol. The van der Waals surface area contributed by atoms with Crippen molar-refractivity contribution in [2.75, 3.05) is 23.8 Å². The molecule has 176 valence electrons. The lowest BCUT2D eigenvalue weighted by Crippen LogP contribution is -2.38. The average molecular weight is 454 g/mol. The van der Waals surface area contributed by atoms with Gasteiger partial charge in [0, 0.05) is 35.8 Å². The molecule has 1 aromatic carbocycles. The summed E-state index contributed by atoms with van der Waals surface area (Å²) >= 11 is 0. The third kappa shape index (κ3) is 7.10. The summed E-state index contributed by atoms with van der Waals surface area (Å²) in [5.41, 5.74) is 4.94. The molecule has 9 nitrogen and oxygen atoms in total. The van der Waals surface area contributed by atoms with Gasteiger partial charge in [0.1, 0.15) is 5.82 Å². The molecule has 9 heteroatoms. The van der Waals surface area contributed by atoms with Crippen molar-refractivity contribution in [2.24, 2.45) is 5.92 Å². The lowest BCUT2D eigenvalue weighted by Gasteiger charge is -2.29. The molecule has 2 unspecified atom stereocenters. The molecule has 1 saturated carbocycles. The van der Waals surface area contributed by atoms with Crippen LogP contribution in [-0.2, 0) is 20.8 Å². The molecule has 0 aliphatic heterocycles. The van der Waals surface area contributed by atoms with Crippen molar-refractivity contribution >= 4 is 29.1 Å². The lowest BCUT2D eigenvalue weighted by molar-refractivity contribution is -0.139. The summed E-state index contributed by atoms with van der Waals surface area (Å²) in [5.74, 6) is 0.725. The number of nitrogens with zero attached hydrogens (tertiary/aromatic N) is 2. The summed E-state index contributed by atoms with van der Waals surface area (Å²) in [6.45, 7) is 5.38. The monoisotopic (exact) mass is 453 g/mol. The van der Waals surface area contributed by atoms with Crippen molar-refractivity contribution in [2.45, 2.75) is 45.1 Å². The van der Waals surface area contributed by atoms with Crippen LogP contribution >= 0.6 is 0 Å². The second-order valence-corrected chi connectivity index (χ2v) is 8.10. The van der Waals surface area contributed by atoms with Crippen LogP contribution in [0.1, 0.15) is 36.8 Å². The van der Waals surface area contributed by atoms with Gasteiger partial charge in [0.05, 0.1) is 13.2 Å². The molecule has 2 aromatic rings. The predicted octanol–water partition coefficient (Wildman–Crippen LogP) is 2.84. The van der Waals surface area contributed by atoms with Crippen LogP contribution in [0.3, 0.4) is 0 Å². The number of amides is 1. The molecule has 1 aromatic heterocycles. The topological polar surface area (TPSA) is 125 Å². The van der Waals surface area contributed by atoms with E-state index >= 15 is 0 Å². The number of hydrogen-bond donors (Lipinski definition) is 4. The highest BCUT2D eigenvalue weighted by molar-refractivity contribution is 5.92. The number of aliphatic hydroxyl groups is 1. The normalized spacial score (nSPS) is 17.8. The summed E-state index contributed by atoms with van der Waals surface area (Å²) < 4.78 is 0. The number of aliphatic hydroxyl groups excluding tert-OH is 1. The van der Waals surface area contributed by atoms with E-state index in [1.807, 2.05) is 31.2 Å². The zero-order chi connectivity index (χ0) is 23.6. The molecule has 33 heavy (non-hydrogen) atoms. The Morgan fingerprint density at radius 2 is 2.12 bits per heavy atom. The number of carbonyl (C=O) groups excluding carboxylic acids is 2. The molecule has 0 radical (unpaired) electrons. The fourth-order valence-corrected chi connectivity index (χ4v) is 3.81. The van der Waals surface area contributed by atoms with Crippen LogP contribution in [0, 0.1) is 12.8 Å². The Morgan fingerprint density at radius 3 is 2.91 bits per heavy atom. The number of hydrogen-bond acceptors (Lipinski definition) is 8. The first-order valence-electron chi connectivity index (χ1n) is 11.1. The Morgan fingerprint density at radius 1 is 1.30 bits per heavy atom. The van der Waals surface area contributed by atoms with E-state index < -0.39 is 0 Å². The maximum absolute atomic E-state index is 12.3. The fourth-order valence-electron chi connectivity index (χ4n) is 3.81. The molecular weight excluding hydrogens is 422 g/mol. The molecule has 4 N–H and O–H groups in total. The quantitative estimate of drug-likeness (QED) is 0.233. The van der Waals surface area contributed by atoms with Crippen LogP contribution in [0.4, 0.5) is 17.5 Å². The number of rotatable bonds is 11. The molecular formula is C24H31N5O4. The third-order valence-electron chi connectivity index (χ3n) is 5.58. The number of nitrogens with one attached hydrogen (secondary N) is 3. The Kier molecular flexibility index (Phi) is 8.91. The maximum Gasteiger partial charge on any atom is 0.246 e. The minimum absolute atomic E-state index is 0.0522. The number of benzene rings is 1. The number of ketones is 1. The number of aromatic nitrogens is 2. The summed E-state index contributed by atoms with van der Waals surface area (Å²) in [5, 5.41) is 15.4. The van der Waals surface area contributed by atoms with Gasteiger partial charge in [0.25, 0.3) is 0 Å². The molecule has 2 atom stereocenters. The Balaban J connectivity index is 1.67. The van der Waals surface area contributed by atoms with Gasteiger partial charge in [0.15, 0.2) is 5.78 Å². The highest BCUT2D eigenvalue weighted by Crippen LogP contribution is 2.28. The number of para-hydroxylation sites is 1. The van der Waals surface area contributed by atoms with Gasteiger partial charge in [-0.1, -0.05) is 31.2 Å². The average Bonchev–Trinajstić information content (AvgIpc) is 2.82. The van der Waals surface area contributed by atoms with E-state index in [-0.39, 0.29) is 43.3 Å². The minimum Gasteiger partial charge on any atom is -0.394 e. The zero-order valence-electron chi connectivity index (χ0n) is 18.8. The fraction of sp³-hybridized carbons (Fsp3) is 0.417. The number of aryl methyl sites for hydroxylation is 1. The highest BCUT2D eigenvalue weighted by Gasteiger charge is 2.28. The van der Waals surface area contributed by atoms with Crippen LogP contribution in [-0.4, -0.2) is 46.0 Å². The third-order valence-corrected chi connectivity index (χ3v) is 5.58. The van der Waals surface area contributed by atoms with E-state index in [0.29, 0.717) is 18.2 Å². The van der Waals surface area contributed by atoms with E-state index in [1.165, 1.54) is 6.08 Å². The zero-order valence-corrected chi connectivity index (χ0v) is 18.8. The summed E-state index contributed by atoms with van der Waals surface area (Å²) in [7, 11) is 0. The molecule has 1 heterocycles. The smallest absolute Gasteiger partial charge is 0.246 e. The second kappa shape index (κ2) is 12.1. The van der Waals surface area contributed by atoms with Gasteiger partial charge >= 0.3 is 0 Å². The lowest BCUT2D eigenvalue weighted by atomic mass is 9.85. The van der Waals surface area contributed by atoms with Gasteiger partial charge < -0.3 is 15.7 Å². The summed E-state index contributed by atoms with van der Waals surface area (Å²) in [6.07, 6.45) is 6.56. The molecule has 1 aliphatic carbocycles. The first-order valence-corrected chi connectivity index (χ1v) is 11.1. The van der Waals surface area contributed by atoms with Crippen molar-refractivity contribution in [1.29, 1.82) is 0 Å². The van der Waals surface area contributed by atoms with E-state index in [2.05, 4.69) is 32.7 Å². The van der Waals surface area contributed by atoms with Gasteiger partial charge in [-0.25, -0.2) is 10.5 Å². The van der Waals surface area contributed by atoms with E-state index in [1.54, 1.807) is 6.20 Å². The summed E-state index contributed by atoms with van der Waals surface area (Å²) in [6, 6.07) is 7.65. The van der Waals surface area contributed by atoms with Gasteiger partial charge in [-0.3, -0.25) is 14.4 Å². The molecule has 0 bridgehead atoms. The largest absolute Gasteiger partial charge is 0.394 e. The van der Waals surface area contributed by atoms with E-state index in [0.717, 1.165) is 36.1 Å². The van der Waals surface area contributed by atoms with Crippen molar-refractivity contribution in [3.8, 4) is 0 Å². The van der Waals surface area contributed by atoms with E-state index in [4.69, 9.17) is 9.94 Å². The number of carbonyl (C=O) groups is 2. The standard InChI is InChI=1S/C24H31N5O4/c1-3-20(31)14-17-7-4-5-10-21(17)27-22-16(2)15-25-24(28-22)26-19-9-6-8-18(13-19)23(32)29-33-12-11-30/h3-5,7,10,15,18-19,30H,1,6,8-9,11-14H2,2H3,(H,29,32)(H2,25,26,27,28). The number of anilines is 3. The van der Waals surface area contributed by atoms with Gasteiger partial charge in [-0.05, 0) is 43.9 Å². The first-order chi connectivity index (χ1) is 16.0. The molecule has 1 amide bonds. The Labute approximate surface area is 193 Å². The maximum atomic E-state index is 12.3. The van der Waals surface area contributed by atoms with Gasteiger partial charge in [0.2, 0.25) is 11.9 Å². The molecule has 3 rings (SSSR count). The van der Waals surface area contributed by atoms with Crippen molar-refractivity contribution < 1.29 is 19.5 Å². The van der Waals surface area contributed by atoms with Gasteiger partial charge in [-0.2, -0.15) is 4.98 Å².